The molecule has 0 saturated carbocycles. The Morgan fingerprint density at radius 2 is 1.88 bits per heavy atom. The lowest BCUT2D eigenvalue weighted by atomic mass is 10.0. The Morgan fingerprint density at radius 1 is 1.19 bits per heavy atom. The Kier molecular flexibility index (Phi) is 7.49. The number of hydrogen-bond donors (Lipinski definition) is 3. The molecule has 0 aromatic heterocycles. The summed E-state index contributed by atoms with van der Waals surface area (Å²) in [5.41, 5.74) is 6.52. The number of nitrogens with one attached hydrogen (secondary N) is 3. The van der Waals surface area contributed by atoms with Gasteiger partial charge in [-0.05, 0) is 62.3 Å². The van der Waals surface area contributed by atoms with E-state index in [9.17, 15) is 13.2 Å². The predicted octanol–water partition coefficient (Wildman–Crippen LogP) is 3.11. The van der Waals surface area contributed by atoms with Crippen LogP contribution in [0.1, 0.15) is 46.0 Å². The van der Waals surface area contributed by atoms with Crippen LogP contribution in [0.2, 0.25) is 5.02 Å². The molecule has 0 aliphatic heterocycles. The quantitative estimate of drug-likeness (QED) is 0.586. The third-order valence-electron chi connectivity index (χ3n) is 4.08. The van der Waals surface area contributed by atoms with Gasteiger partial charge < -0.3 is 5.43 Å². The minimum absolute atomic E-state index is 0.0754. The minimum Gasteiger partial charge on any atom is -0.303 e. The third kappa shape index (κ3) is 6.30. The van der Waals surface area contributed by atoms with E-state index in [0.29, 0.717) is 11.4 Å². The molecule has 1 amide bonds. The van der Waals surface area contributed by atoms with Crippen molar-refractivity contribution in [2.24, 2.45) is 5.92 Å². The molecular weight excluding hydrogens is 374 g/mol. The molecule has 6 nitrogen and oxygen atoms in total. The van der Waals surface area contributed by atoms with Gasteiger partial charge in [-0.3, -0.25) is 10.2 Å². The SMILES string of the molecule is CC(C)CC(NS(=O)(=O)c1ccc(Cl)cc1)C(=O)NNC1=CCCCC1. The highest BCUT2D eigenvalue weighted by Gasteiger charge is 2.26. The third-order valence-corrected chi connectivity index (χ3v) is 5.82. The number of benzene rings is 1. The topological polar surface area (TPSA) is 87.3 Å². The lowest BCUT2D eigenvalue weighted by Gasteiger charge is -2.22. The summed E-state index contributed by atoms with van der Waals surface area (Å²) in [6.45, 7) is 3.88. The van der Waals surface area contributed by atoms with Crippen LogP contribution in [0.3, 0.4) is 0 Å². The average Bonchev–Trinajstić information content (AvgIpc) is 2.60. The number of hydrazine groups is 1. The molecule has 144 valence electrons. The van der Waals surface area contributed by atoms with Gasteiger partial charge in [0.1, 0.15) is 6.04 Å². The molecule has 1 unspecified atom stereocenters. The summed E-state index contributed by atoms with van der Waals surface area (Å²) in [7, 11) is -3.82. The Labute approximate surface area is 160 Å². The molecule has 0 bridgehead atoms. The number of rotatable bonds is 8. The molecule has 1 aliphatic rings. The zero-order valence-electron chi connectivity index (χ0n) is 15.1. The van der Waals surface area contributed by atoms with Crippen LogP contribution in [-0.4, -0.2) is 20.4 Å². The second-order valence-electron chi connectivity index (χ2n) is 6.85. The van der Waals surface area contributed by atoms with Crippen LogP contribution in [0.25, 0.3) is 0 Å². The molecule has 0 heterocycles. The molecule has 0 spiro atoms. The maximum atomic E-state index is 12.6. The van der Waals surface area contributed by atoms with Gasteiger partial charge in [0.15, 0.2) is 0 Å². The number of amides is 1. The Hall–Kier alpha value is -1.57. The fourth-order valence-electron chi connectivity index (χ4n) is 2.73. The van der Waals surface area contributed by atoms with Crippen molar-refractivity contribution in [3.05, 3.63) is 41.1 Å². The Morgan fingerprint density at radius 3 is 2.46 bits per heavy atom. The van der Waals surface area contributed by atoms with Crippen molar-refractivity contribution in [2.45, 2.75) is 56.9 Å². The van der Waals surface area contributed by atoms with Crippen LogP contribution in [0.5, 0.6) is 0 Å². The van der Waals surface area contributed by atoms with Crippen molar-refractivity contribution in [3.8, 4) is 0 Å². The Balaban J connectivity index is 2.06. The molecule has 1 aliphatic carbocycles. The van der Waals surface area contributed by atoms with Crippen molar-refractivity contribution < 1.29 is 13.2 Å². The van der Waals surface area contributed by atoms with Gasteiger partial charge in [0.05, 0.1) is 4.90 Å². The molecule has 26 heavy (non-hydrogen) atoms. The minimum atomic E-state index is -3.82. The van der Waals surface area contributed by atoms with Gasteiger partial charge in [0.2, 0.25) is 10.0 Å². The first-order chi connectivity index (χ1) is 12.3. The van der Waals surface area contributed by atoms with Gasteiger partial charge in [-0.25, -0.2) is 8.42 Å². The van der Waals surface area contributed by atoms with Crippen molar-refractivity contribution in [3.63, 3.8) is 0 Å². The van der Waals surface area contributed by atoms with E-state index < -0.39 is 22.0 Å². The first kappa shape index (κ1) is 20.7. The van der Waals surface area contributed by atoms with Gasteiger partial charge in [0.25, 0.3) is 5.91 Å². The lowest BCUT2D eigenvalue weighted by molar-refractivity contribution is -0.123. The number of allylic oxidation sites excluding steroid dienone is 2. The largest absolute Gasteiger partial charge is 0.303 e. The van der Waals surface area contributed by atoms with E-state index >= 15 is 0 Å². The van der Waals surface area contributed by atoms with E-state index in [0.717, 1.165) is 31.4 Å². The fraction of sp³-hybridized carbons (Fsp3) is 0.500. The van der Waals surface area contributed by atoms with Crippen LogP contribution in [-0.2, 0) is 14.8 Å². The van der Waals surface area contributed by atoms with Crippen molar-refractivity contribution >= 4 is 27.5 Å². The number of halogens is 1. The summed E-state index contributed by atoms with van der Waals surface area (Å²) in [6, 6.07) is 4.97. The van der Waals surface area contributed by atoms with Crippen LogP contribution in [0, 0.1) is 5.92 Å². The summed E-state index contributed by atoms with van der Waals surface area (Å²) in [4.78, 5) is 12.6. The van der Waals surface area contributed by atoms with Gasteiger partial charge in [-0.15, -0.1) is 0 Å². The molecule has 1 aromatic carbocycles. The van der Waals surface area contributed by atoms with Gasteiger partial charge in [0, 0.05) is 10.7 Å². The number of carbonyl (C=O) groups excluding carboxylic acids is 1. The van der Waals surface area contributed by atoms with Gasteiger partial charge >= 0.3 is 0 Å². The van der Waals surface area contributed by atoms with E-state index in [-0.39, 0.29) is 10.8 Å². The highest BCUT2D eigenvalue weighted by Crippen LogP contribution is 2.16. The van der Waals surface area contributed by atoms with Crippen LogP contribution in [0.4, 0.5) is 0 Å². The van der Waals surface area contributed by atoms with E-state index in [2.05, 4.69) is 21.6 Å². The number of carbonyl (C=O) groups is 1. The first-order valence-corrected chi connectivity index (χ1v) is 10.7. The van der Waals surface area contributed by atoms with Crippen LogP contribution in [0.15, 0.2) is 40.9 Å². The first-order valence-electron chi connectivity index (χ1n) is 8.81. The van der Waals surface area contributed by atoms with Crippen molar-refractivity contribution in [2.75, 3.05) is 0 Å². The zero-order valence-corrected chi connectivity index (χ0v) is 16.7. The average molecular weight is 400 g/mol. The zero-order chi connectivity index (χ0) is 19.2. The second-order valence-corrected chi connectivity index (χ2v) is 9.00. The molecule has 3 N–H and O–H groups in total. The highest BCUT2D eigenvalue weighted by atomic mass is 35.5. The van der Waals surface area contributed by atoms with Crippen molar-refractivity contribution in [1.82, 2.24) is 15.6 Å². The molecule has 0 fully saturated rings. The second kappa shape index (κ2) is 9.39. The van der Waals surface area contributed by atoms with Gasteiger partial charge in [-0.1, -0.05) is 31.5 Å². The maximum Gasteiger partial charge on any atom is 0.256 e. The standard InChI is InChI=1S/C18H26ClN3O3S/c1-13(2)12-17(18(23)21-20-15-6-4-3-5-7-15)22-26(24,25)16-10-8-14(19)9-11-16/h6,8-11,13,17,20,22H,3-5,7,12H2,1-2H3,(H,21,23). The molecule has 1 atom stereocenters. The monoisotopic (exact) mass is 399 g/mol. The molecule has 1 aromatic rings. The van der Waals surface area contributed by atoms with Crippen LogP contribution >= 0.6 is 11.6 Å². The Bertz CT molecular complexity index is 745. The number of sulfonamides is 1. The van der Waals surface area contributed by atoms with Gasteiger partial charge in [-0.2, -0.15) is 4.72 Å². The van der Waals surface area contributed by atoms with E-state index in [1.165, 1.54) is 24.3 Å². The summed E-state index contributed by atoms with van der Waals surface area (Å²) in [5, 5.41) is 0.449. The molecule has 2 rings (SSSR count). The molecule has 0 saturated heterocycles. The molecular formula is C18H26ClN3O3S. The summed E-state index contributed by atoms with van der Waals surface area (Å²) < 4.78 is 27.7. The number of hydrogen-bond acceptors (Lipinski definition) is 4. The van der Waals surface area contributed by atoms with Crippen molar-refractivity contribution in [1.29, 1.82) is 0 Å². The highest BCUT2D eigenvalue weighted by molar-refractivity contribution is 7.89. The molecule has 0 radical (unpaired) electrons. The van der Waals surface area contributed by atoms with Crippen LogP contribution < -0.4 is 15.6 Å². The van der Waals surface area contributed by atoms with E-state index in [1.54, 1.807) is 0 Å². The summed E-state index contributed by atoms with van der Waals surface area (Å²) in [6.07, 6.45) is 6.53. The smallest absolute Gasteiger partial charge is 0.256 e. The fourth-order valence-corrected chi connectivity index (χ4v) is 4.06. The summed E-state index contributed by atoms with van der Waals surface area (Å²) in [5.74, 6) is -0.254. The predicted molar refractivity (Wildman–Crippen MR) is 103 cm³/mol. The summed E-state index contributed by atoms with van der Waals surface area (Å²) >= 11 is 5.81. The maximum absolute atomic E-state index is 12.6. The normalized spacial score (nSPS) is 16.1. The van der Waals surface area contributed by atoms with E-state index in [1.807, 2.05) is 13.8 Å². The molecule has 8 heteroatoms. The van der Waals surface area contributed by atoms with E-state index in [4.69, 9.17) is 11.6 Å². The lowest BCUT2D eigenvalue weighted by Crippen LogP contribution is -2.51.